The van der Waals surface area contributed by atoms with Gasteiger partial charge in [-0.1, -0.05) is 12.1 Å². The Bertz CT molecular complexity index is 564. The van der Waals surface area contributed by atoms with Crippen molar-refractivity contribution in [3.8, 4) is 0 Å². The summed E-state index contributed by atoms with van der Waals surface area (Å²) in [6.45, 7) is 3.36. The molecule has 4 nitrogen and oxygen atoms in total. The van der Waals surface area contributed by atoms with Crippen molar-refractivity contribution in [1.29, 1.82) is 0 Å². The third kappa shape index (κ3) is 2.31. The summed E-state index contributed by atoms with van der Waals surface area (Å²) in [4.78, 5) is 4.65. The SMILES string of the molecule is CN1CCN(Cc2cc(CN)co2)c2ccccc21. The lowest BCUT2D eigenvalue weighted by molar-refractivity contribution is 0.499. The molecule has 2 aromatic rings. The molecule has 0 bridgehead atoms. The number of nitrogens with two attached hydrogens (primary N) is 1. The molecule has 0 unspecified atom stereocenters. The molecule has 19 heavy (non-hydrogen) atoms. The van der Waals surface area contributed by atoms with Crippen molar-refractivity contribution in [3.05, 3.63) is 47.9 Å². The molecule has 1 aliphatic rings. The van der Waals surface area contributed by atoms with Crippen LogP contribution in [0.15, 0.2) is 41.0 Å². The Labute approximate surface area is 113 Å². The van der Waals surface area contributed by atoms with Crippen LogP contribution in [0.2, 0.25) is 0 Å². The predicted molar refractivity (Wildman–Crippen MR) is 77.4 cm³/mol. The minimum atomic E-state index is 0.531. The Kier molecular flexibility index (Phi) is 3.17. The highest BCUT2D eigenvalue weighted by Crippen LogP contribution is 2.32. The first-order valence-corrected chi connectivity index (χ1v) is 6.59. The molecule has 2 heterocycles. The van der Waals surface area contributed by atoms with Gasteiger partial charge in [-0.05, 0) is 18.2 Å². The number of hydrogen-bond donors (Lipinski definition) is 1. The van der Waals surface area contributed by atoms with Crippen LogP contribution < -0.4 is 15.5 Å². The van der Waals surface area contributed by atoms with Crippen molar-refractivity contribution in [2.24, 2.45) is 5.73 Å². The molecule has 1 aromatic heterocycles. The monoisotopic (exact) mass is 257 g/mol. The molecule has 0 saturated carbocycles. The Hall–Kier alpha value is -1.94. The lowest BCUT2D eigenvalue weighted by atomic mass is 10.1. The van der Waals surface area contributed by atoms with Gasteiger partial charge in [0.25, 0.3) is 0 Å². The van der Waals surface area contributed by atoms with Crippen LogP contribution >= 0.6 is 0 Å². The third-order valence-corrected chi connectivity index (χ3v) is 3.63. The van der Waals surface area contributed by atoms with Crippen LogP contribution in [0.25, 0.3) is 0 Å². The minimum Gasteiger partial charge on any atom is -0.467 e. The van der Waals surface area contributed by atoms with Crippen molar-refractivity contribution < 1.29 is 4.42 Å². The summed E-state index contributed by atoms with van der Waals surface area (Å²) in [6, 6.07) is 10.5. The summed E-state index contributed by atoms with van der Waals surface area (Å²) in [5.74, 6) is 0.972. The molecule has 1 aliphatic heterocycles. The summed E-state index contributed by atoms with van der Waals surface area (Å²) < 4.78 is 5.56. The van der Waals surface area contributed by atoms with Gasteiger partial charge >= 0.3 is 0 Å². The second-order valence-electron chi connectivity index (χ2n) is 4.96. The quantitative estimate of drug-likeness (QED) is 0.915. The van der Waals surface area contributed by atoms with Gasteiger partial charge in [-0.15, -0.1) is 0 Å². The number of likely N-dealkylation sites (N-methyl/N-ethyl adjacent to an activating group) is 1. The summed E-state index contributed by atoms with van der Waals surface area (Å²) in [6.07, 6.45) is 1.75. The minimum absolute atomic E-state index is 0.531. The number of rotatable bonds is 3. The van der Waals surface area contributed by atoms with E-state index < -0.39 is 0 Å². The van der Waals surface area contributed by atoms with Gasteiger partial charge in [-0.2, -0.15) is 0 Å². The fourth-order valence-electron chi connectivity index (χ4n) is 2.53. The zero-order valence-corrected chi connectivity index (χ0v) is 11.2. The maximum Gasteiger partial charge on any atom is 0.123 e. The van der Waals surface area contributed by atoms with Crippen LogP contribution in [0, 0.1) is 0 Å². The molecular formula is C15H19N3O. The molecule has 0 amide bonds. The van der Waals surface area contributed by atoms with Gasteiger partial charge in [0, 0.05) is 32.2 Å². The first-order valence-electron chi connectivity index (χ1n) is 6.59. The summed E-state index contributed by atoms with van der Waals surface area (Å²) in [5, 5.41) is 0. The van der Waals surface area contributed by atoms with Crippen LogP contribution in [0.4, 0.5) is 11.4 Å². The van der Waals surface area contributed by atoms with Gasteiger partial charge in [-0.3, -0.25) is 0 Å². The van der Waals surface area contributed by atoms with Gasteiger partial charge in [0.2, 0.25) is 0 Å². The van der Waals surface area contributed by atoms with Crippen molar-refractivity contribution >= 4 is 11.4 Å². The number of benzene rings is 1. The Morgan fingerprint density at radius 3 is 2.74 bits per heavy atom. The highest BCUT2D eigenvalue weighted by atomic mass is 16.3. The smallest absolute Gasteiger partial charge is 0.123 e. The third-order valence-electron chi connectivity index (χ3n) is 3.63. The van der Waals surface area contributed by atoms with Crippen LogP contribution in [0.5, 0.6) is 0 Å². The van der Waals surface area contributed by atoms with E-state index in [1.54, 1.807) is 6.26 Å². The topological polar surface area (TPSA) is 45.6 Å². The number of hydrogen-bond acceptors (Lipinski definition) is 4. The van der Waals surface area contributed by atoms with E-state index in [1.165, 1.54) is 11.4 Å². The highest BCUT2D eigenvalue weighted by Gasteiger charge is 2.20. The number of fused-ring (bicyclic) bond motifs is 1. The molecule has 0 atom stereocenters. The molecule has 1 aromatic carbocycles. The zero-order chi connectivity index (χ0) is 13.2. The number of nitrogens with zero attached hydrogens (tertiary/aromatic N) is 2. The fourth-order valence-corrected chi connectivity index (χ4v) is 2.53. The van der Waals surface area contributed by atoms with Crippen LogP contribution in [-0.2, 0) is 13.1 Å². The van der Waals surface area contributed by atoms with Crippen LogP contribution in [0.3, 0.4) is 0 Å². The van der Waals surface area contributed by atoms with E-state index in [2.05, 4.69) is 41.1 Å². The average Bonchev–Trinajstić information content (AvgIpc) is 2.90. The van der Waals surface area contributed by atoms with E-state index in [9.17, 15) is 0 Å². The highest BCUT2D eigenvalue weighted by molar-refractivity contribution is 5.73. The van der Waals surface area contributed by atoms with Crippen molar-refractivity contribution in [1.82, 2.24) is 0 Å². The zero-order valence-electron chi connectivity index (χ0n) is 11.2. The molecule has 0 saturated heterocycles. The molecule has 0 spiro atoms. The number of anilines is 2. The Morgan fingerprint density at radius 2 is 2.00 bits per heavy atom. The first kappa shape index (κ1) is 12.1. The summed E-state index contributed by atoms with van der Waals surface area (Å²) in [5.41, 5.74) is 9.21. The van der Waals surface area contributed by atoms with Gasteiger partial charge in [0.15, 0.2) is 0 Å². The number of furan rings is 1. The molecule has 2 N–H and O–H groups in total. The summed E-state index contributed by atoms with van der Waals surface area (Å²) >= 11 is 0. The second-order valence-corrected chi connectivity index (χ2v) is 4.96. The molecule has 0 radical (unpaired) electrons. The van der Waals surface area contributed by atoms with E-state index >= 15 is 0 Å². The second kappa shape index (κ2) is 4.97. The van der Waals surface area contributed by atoms with Gasteiger partial charge < -0.3 is 20.0 Å². The maximum atomic E-state index is 5.61. The molecule has 0 fully saturated rings. The molecular weight excluding hydrogens is 238 g/mol. The Morgan fingerprint density at radius 1 is 1.21 bits per heavy atom. The standard InChI is InChI=1S/C15H19N3O/c1-17-6-7-18(15-5-3-2-4-14(15)17)10-13-8-12(9-16)11-19-13/h2-5,8,11H,6-7,9-10,16H2,1H3. The van der Waals surface area contributed by atoms with Crippen molar-refractivity contribution in [3.63, 3.8) is 0 Å². The van der Waals surface area contributed by atoms with E-state index in [1.807, 2.05) is 6.07 Å². The lowest BCUT2D eigenvalue weighted by Gasteiger charge is -2.36. The van der Waals surface area contributed by atoms with E-state index in [0.717, 1.165) is 31.0 Å². The molecule has 0 aliphatic carbocycles. The van der Waals surface area contributed by atoms with E-state index in [4.69, 9.17) is 10.2 Å². The molecule has 4 heteroatoms. The van der Waals surface area contributed by atoms with Crippen LogP contribution in [-0.4, -0.2) is 20.1 Å². The largest absolute Gasteiger partial charge is 0.467 e. The van der Waals surface area contributed by atoms with Crippen LogP contribution in [0.1, 0.15) is 11.3 Å². The van der Waals surface area contributed by atoms with Crippen molar-refractivity contribution in [2.45, 2.75) is 13.1 Å². The lowest BCUT2D eigenvalue weighted by Crippen LogP contribution is -2.38. The maximum absolute atomic E-state index is 5.61. The molecule has 100 valence electrons. The van der Waals surface area contributed by atoms with Crippen molar-refractivity contribution in [2.75, 3.05) is 29.9 Å². The van der Waals surface area contributed by atoms with E-state index in [0.29, 0.717) is 6.54 Å². The first-order chi connectivity index (χ1) is 9.28. The van der Waals surface area contributed by atoms with Gasteiger partial charge in [-0.25, -0.2) is 0 Å². The van der Waals surface area contributed by atoms with E-state index in [-0.39, 0.29) is 0 Å². The predicted octanol–water partition coefficient (Wildman–Crippen LogP) is 2.19. The normalized spacial score (nSPS) is 14.6. The molecule has 3 rings (SSSR count). The Balaban J connectivity index is 1.84. The van der Waals surface area contributed by atoms with Gasteiger partial charge in [0.05, 0.1) is 24.2 Å². The fraction of sp³-hybridized carbons (Fsp3) is 0.333. The van der Waals surface area contributed by atoms with Gasteiger partial charge in [0.1, 0.15) is 5.76 Å². The summed E-state index contributed by atoms with van der Waals surface area (Å²) in [7, 11) is 2.13. The number of para-hydroxylation sites is 2. The average molecular weight is 257 g/mol.